The molecule has 0 bridgehead atoms. The zero-order chi connectivity index (χ0) is 16.6. The van der Waals surface area contributed by atoms with Crippen LogP contribution in [0.25, 0.3) is 22.2 Å². The molecule has 4 nitrogen and oxygen atoms in total. The van der Waals surface area contributed by atoms with E-state index in [1.165, 1.54) is 11.8 Å². The molecule has 0 aliphatic rings. The maximum atomic E-state index is 12.9. The highest BCUT2D eigenvalue weighted by Gasteiger charge is 2.16. The van der Waals surface area contributed by atoms with E-state index in [-0.39, 0.29) is 5.43 Å². The van der Waals surface area contributed by atoms with Crippen LogP contribution in [-0.4, -0.2) is 20.8 Å². The quantitative estimate of drug-likeness (QED) is 0.506. The number of nitrogens with zero attached hydrogens (tertiary/aromatic N) is 3. The van der Waals surface area contributed by atoms with E-state index in [4.69, 9.17) is 23.2 Å². The van der Waals surface area contributed by atoms with Crippen LogP contribution in [0, 0.1) is 0 Å². The van der Waals surface area contributed by atoms with Gasteiger partial charge in [-0.3, -0.25) is 4.79 Å². The van der Waals surface area contributed by atoms with Crippen LogP contribution in [0.15, 0.2) is 40.5 Å². The number of rotatable bonds is 3. The highest BCUT2D eigenvalue weighted by molar-refractivity contribution is 7.98. The van der Waals surface area contributed by atoms with E-state index in [0.717, 1.165) is 0 Å². The second kappa shape index (κ2) is 6.51. The van der Waals surface area contributed by atoms with Crippen molar-refractivity contribution in [3.8, 4) is 11.1 Å². The first-order chi connectivity index (χ1) is 11.1. The molecule has 0 amide bonds. The summed E-state index contributed by atoms with van der Waals surface area (Å²) in [7, 11) is 0. The average Bonchev–Trinajstić information content (AvgIpc) is 2.56. The van der Waals surface area contributed by atoms with Crippen molar-refractivity contribution in [1.29, 1.82) is 0 Å². The van der Waals surface area contributed by atoms with Crippen molar-refractivity contribution in [2.45, 2.75) is 18.6 Å². The fourth-order valence-electron chi connectivity index (χ4n) is 2.43. The number of halogens is 2. The summed E-state index contributed by atoms with van der Waals surface area (Å²) in [4.78, 5) is 21.6. The van der Waals surface area contributed by atoms with Crippen LogP contribution in [0.4, 0.5) is 0 Å². The van der Waals surface area contributed by atoms with E-state index in [2.05, 4.69) is 9.97 Å². The van der Waals surface area contributed by atoms with E-state index < -0.39 is 0 Å². The lowest BCUT2D eigenvalue weighted by atomic mass is 10.1. The summed E-state index contributed by atoms with van der Waals surface area (Å²) in [6.45, 7) is 2.65. The Kier molecular flexibility index (Phi) is 4.62. The first-order valence-corrected chi connectivity index (χ1v) is 8.93. The lowest BCUT2D eigenvalue weighted by Crippen LogP contribution is -2.14. The highest BCUT2D eigenvalue weighted by Crippen LogP contribution is 2.33. The van der Waals surface area contributed by atoms with E-state index in [0.29, 0.717) is 43.9 Å². The van der Waals surface area contributed by atoms with Crippen molar-refractivity contribution >= 4 is 46.0 Å². The summed E-state index contributed by atoms with van der Waals surface area (Å²) in [6, 6.07) is 5.19. The Hall–Kier alpha value is -1.56. The second-order valence-electron chi connectivity index (χ2n) is 4.85. The maximum absolute atomic E-state index is 12.9. The normalized spacial score (nSPS) is 11.1. The van der Waals surface area contributed by atoms with E-state index in [1.807, 2.05) is 17.7 Å². The smallest absolute Gasteiger partial charge is 0.200 e. The van der Waals surface area contributed by atoms with Gasteiger partial charge >= 0.3 is 0 Å². The fraction of sp³-hybridized carbons (Fsp3) is 0.188. The van der Waals surface area contributed by atoms with Crippen LogP contribution in [0.5, 0.6) is 0 Å². The molecule has 0 aliphatic carbocycles. The molecule has 3 rings (SSSR count). The minimum absolute atomic E-state index is 0.174. The molecule has 0 saturated carbocycles. The number of aromatic nitrogens is 3. The number of thioether (sulfide) groups is 1. The molecule has 118 valence electrons. The second-order valence-corrected chi connectivity index (χ2v) is 6.44. The van der Waals surface area contributed by atoms with Gasteiger partial charge < -0.3 is 4.57 Å². The van der Waals surface area contributed by atoms with Crippen molar-refractivity contribution in [2.75, 3.05) is 6.26 Å². The van der Waals surface area contributed by atoms with Crippen LogP contribution in [0.1, 0.15) is 6.92 Å². The molecule has 3 aromatic rings. The number of benzene rings is 1. The molecule has 0 radical (unpaired) electrons. The van der Waals surface area contributed by atoms with Gasteiger partial charge in [-0.2, -0.15) is 0 Å². The Morgan fingerprint density at radius 2 is 1.96 bits per heavy atom. The first kappa shape index (κ1) is 16.3. The van der Waals surface area contributed by atoms with E-state index in [1.54, 1.807) is 30.6 Å². The molecule has 23 heavy (non-hydrogen) atoms. The van der Waals surface area contributed by atoms with Crippen LogP contribution in [0.3, 0.4) is 0 Å². The van der Waals surface area contributed by atoms with Gasteiger partial charge in [-0.1, -0.05) is 41.0 Å². The van der Waals surface area contributed by atoms with Gasteiger partial charge in [-0.25, -0.2) is 9.97 Å². The molecule has 0 atom stereocenters. The third-order valence-corrected chi connectivity index (χ3v) is 4.74. The summed E-state index contributed by atoms with van der Waals surface area (Å²) >= 11 is 14.0. The molecule has 0 saturated heterocycles. The van der Waals surface area contributed by atoms with Crippen LogP contribution in [0.2, 0.25) is 10.0 Å². The summed E-state index contributed by atoms with van der Waals surface area (Å²) in [5, 5.41) is 1.97. The monoisotopic (exact) mass is 365 g/mol. The minimum Gasteiger partial charge on any atom is -0.332 e. The average molecular weight is 366 g/mol. The van der Waals surface area contributed by atoms with Crippen molar-refractivity contribution in [3.05, 3.63) is 50.9 Å². The van der Waals surface area contributed by atoms with Crippen LogP contribution < -0.4 is 5.43 Å². The predicted molar refractivity (Wildman–Crippen MR) is 96.7 cm³/mol. The van der Waals surface area contributed by atoms with Gasteiger partial charge in [-0.05, 0) is 25.3 Å². The Labute approximate surface area is 147 Å². The van der Waals surface area contributed by atoms with Gasteiger partial charge in [0.15, 0.2) is 5.16 Å². The third kappa shape index (κ3) is 2.84. The first-order valence-electron chi connectivity index (χ1n) is 6.95. The predicted octanol–water partition coefficient (Wildman–Crippen LogP) is 4.51. The number of hydrogen-bond donors (Lipinski definition) is 0. The topological polar surface area (TPSA) is 47.8 Å². The van der Waals surface area contributed by atoms with E-state index >= 15 is 0 Å². The van der Waals surface area contributed by atoms with Crippen molar-refractivity contribution in [3.63, 3.8) is 0 Å². The molecule has 2 heterocycles. The highest BCUT2D eigenvalue weighted by atomic mass is 35.5. The lowest BCUT2D eigenvalue weighted by molar-refractivity contribution is 0.768. The molecule has 0 aliphatic heterocycles. The SMILES string of the molecule is CCn1cc(-c2c(Cl)cccc2Cl)c(=O)c2cnc(SC)nc21. The Morgan fingerprint density at radius 3 is 2.57 bits per heavy atom. The van der Waals surface area contributed by atoms with Gasteiger partial charge in [0.25, 0.3) is 0 Å². The summed E-state index contributed by atoms with van der Waals surface area (Å²) in [6.07, 6.45) is 5.22. The maximum Gasteiger partial charge on any atom is 0.200 e. The molecular formula is C16H13Cl2N3OS. The molecular weight excluding hydrogens is 353 g/mol. The van der Waals surface area contributed by atoms with Gasteiger partial charge in [0, 0.05) is 30.1 Å². The van der Waals surface area contributed by atoms with Crippen molar-refractivity contribution in [1.82, 2.24) is 14.5 Å². The van der Waals surface area contributed by atoms with Gasteiger partial charge in [-0.15, -0.1) is 0 Å². The molecule has 0 N–H and O–H groups in total. The zero-order valence-electron chi connectivity index (χ0n) is 12.5. The Bertz CT molecular complexity index is 936. The minimum atomic E-state index is -0.174. The van der Waals surface area contributed by atoms with Gasteiger partial charge in [0.05, 0.1) is 15.4 Å². The molecule has 0 unspecified atom stereocenters. The third-order valence-electron chi connectivity index (χ3n) is 3.55. The lowest BCUT2D eigenvalue weighted by Gasteiger charge is -2.13. The number of hydrogen-bond acceptors (Lipinski definition) is 4. The molecule has 2 aromatic heterocycles. The molecule has 1 aromatic carbocycles. The fourth-order valence-corrected chi connectivity index (χ4v) is 3.37. The molecule has 0 fully saturated rings. The Balaban J connectivity index is 2.40. The van der Waals surface area contributed by atoms with Crippen molar-refractivity contribution in [2.24, 2.45) is 0 Å². The zero-order valence-corrected chi connectivity index (χ0v) is 14.8. The molecule has 7 heteroatoms. The van der Waals surface area contributed by atoms with Crippen molar-refractivity contribution < 1.29 is 0 Å². The number of fused-ring (bicyclic) bond motifs is 1. The largest absolute Gasteiger partial charge is 0.332 e. The summed E-state index contributed by atoms with van der Waals surface area (Å²) < 4.78 is 1.91. The van der Waals surface area contributed by atoms with E-state index in [9.17, 15) is 4.79 Å². The Morgan fingerprint density at radius 1 is 1.26 bits per heavy atom. The summed E-state index contributed by atoms with van der Waals surface area (Å²) in [5.74, 6) is 0. The van der Waals surface area contributed by atoms with Gasteiger partial charge in [0.1, 0.15) is 5.65 Å². The summed E-state index contributed by atoms with van der Waals surface area (Å²) in [5.41, 5.74) is 1.44. The van der Waals surface area contributed by atoms with Gasteiger partial charge in [0.2, 0.25) is 5.43 Å². The number of aryl methyl sites for hydroxylation is 1. The molecule has 0 spiro atoms. The van der Waals surface area contributed by atoms with Crippen LogP contribution in [-0.2, 0) is 6.54 Å². The number of pyridine rings is 1. The standard InChI is InChI=1S/C16H13Cl2N3OS/c1-3-21-8-10(13-11(17)5-4-6-12(13)18)14(22)9-7-19-16(23-2)20-15(9)21/h4-8H,3H2,1-2H3. The van der Waals surface area contributed by atoms with Crippen LogP contribution >= 0.6 is 35.0 Å².